The molecule has 2 nitrogen and oxygen atoms in total. The molecule has 0 amide bonds. The van der Waals surface area contributed by atoms with E-state index in [0.717, 1.165) is 19.0 Å². The summed E-state index contributed by atoms with van der Waals surface area (Å²) in [6.45, 7) is 13.0. The van der Waals surface area contributed by atoms with Crippen LogP contribution in [0, 0.1) is 11.8 Å². The van der Waals surface area contributed by atoms with E-state index in [2.05, 4.69) is 39.9 Å². The third-order valence-corrected chi connectivity index (χ3v) is 2.35. The van der Waals surface area contributed by atoms with Crippen molar-refractivity contribution in [3.63, 3.8) is 0 Å². The molecular formula is C12H28N2. The van der Waals surface area contributed by atoms with E-state index in [4.69, 9.17) is 5.73 Å². The first-order chi connectivity index (χ1) is 6.35. The Labute approximate surface area is 89.6 Å². The van der Waals surface area contributed by atoms with Gasteiger partial charge in [-0.2, -0.15) is 0 Å². The first-order valence-electron chi connectivity index (χ1n) is 5.80. The minimum absolute atomic E-state index is 0.233. The quantitative estimate of drug-likeness (QED) is 0.691. The summed E-state index contributed by atoms with van der Waals surface area (Å²) < 4.78 is 0. The Hall–Kier alpha value is -0.0800. The lowest BCUT2D eigenvalue weighted by Crippen LogP contribution is -2.37. The summed E-state index contributed by atoms with van der Waals surface area (Å²) in [7, 11) is 0. The molecule has 0 aromatic heterocycles. The predicted molar refractivity (Wildman–Crippen MR) is 64.4 cm³/mol. The Morgan fingerprint density at radius 2 is 1.79 bits per heavy atom. The van der Waals surface area contributed by atoms with Crippen molar-refractivity contribution < 1.29 is 0 Å². The maximum atomic E-state index is 5.74. The summed E-state index contributed by atoms with van der Waals surface area (Å²) in [6.07, 6.45) is 2.45. The largest absolute Gasteiger partial charge is 0.330 e. The van der Waals surface area contributed by atoms with Crippen LogP contribution in [0.4, 0.5) is 0 Å². The van der Waals surface area contributed by atoms with Gasteiger partial charge in [0, 0.05) is 5.54 Å². The standard InChI is InChI=1S/C12H28N2/c1-10(2)8-11(9-13)6-7-14-12(3,4)5/h10-11,14H,6-9,13H2,1-5H3. The first kappa shape index (κ1) is 13.9. The molecule has 0 fully saturated rings. The fraction of sp³-hybridized carbons (Fsp3) is 1.00. The third-order valence-electron chi connectivity index (χ3n) is 2.35. The molecule has 0 aliphatic heterocycles. The predicted octanol–water partition coefficient (Wildman–Crippen LogP) is 2.39. The molecule has 1 unspecified atom stereocenters. The molecule has 2 heteroatoms. The summed E-state index contributed by atoms with van der Waals surface area (Å²) in [5, 5.41) is 3.50. The van der Waals surface area contributed by atoms with Crippen molar-refractivity contribution >= 4 is 0 Å². The molecule has 1 atom stereocenters. The summed E-state index contributed by atoms with van der Waals surface area (Å²) in [4.78, 5) is 0. The average Bonchev–Trinajstić information content (AvgIpc) is 1.99. The van der Waals surface area contributed by atoms with Crippen LogP contribution in [0.5, 0.6) is 0 Å². The van der Waals surface area contributed by atoms with Gasteiger partial charge in [0.15, 0.2) is 0 Å². The Kier molecular flexibility index (Phi) is 6.38. The molecule has 0 rings (SSSR count). The van der Waals surface area contributed by atoms with Crippen LogP contribution in [0.1, 0.15) is 47.5 Å². The van der Waals surface area contributed by atoms with Gasteiger partial charge in [0.25, 0.3) is 0 Å². The number of hydrogen-bond acceptors (Lipinski definition) is 2. The van der Waals surface area contributed by atoms with Gasteiger partial charge in [0.1, 0.15) is 0 Å². The fourth-order valence-corrected chi connectivity index (χ4v) is 1.65. The van der Waals surface area contributed by atoms with E-state index in [0.29, 0.717) is 5.92 Å². The molecule has 0 spiro atoms. The Morgan fingerprint density at radius 3 is 2.14 bits per heavy atom. The number of rotatable bonds is 6. The van der Waals surface area contributed by atoms with Crippen molar-refractivity contribution in [3.05, 3.63) is 0 Å². The van der Waals surface area contributed by atoms with Gasteiger partial charge in [-0.15, -0.1) is 0 Å². The molecule has 86 valence electrons. The summed E-state index contributed by atoms with van der Waals surface area (Å²) in [5.41, 5.74) is 5.98. The molecular weight excluding hydrogens is 172 g/mol. The van der Waals surface area contributed by atoms with Gasteiger partial charge in [0.2, 0.25) is 0 Å². The van der Waals surface area contributed by atoms with Crippen LogP contribution < -0.4 is 11.1 Å². The Morgan fingerprint density at radius 1 is 1.21 bits per heavy atom. The van der Waals surface area contributed by atoms with Crippen LogP contribution in [0.3, 0.4) is 0 Å². The van der Waals surface area contributed by atoms with Gasteiger partial charge in [-0.3, -0.25) is 0 Å². The third kappa shape index (κ3) is 8.52. The van der Waals surface area contributed by atoms with Crippen LogP contribution in [0.2, 0.25) is 0 Å². The van der Waals surface area contributed by atoms with Crippen molar-refractivity contribution in [1.29, 1.82) is 0 Å². The van der Waals surface area contributed by atoms with E-state index in [1.807, 2.05) is 0 Å². The SMILES string of the molecule is CC(C)CC(CN)CCNC(C)(C)C. The van der Waals surface area contributed by atoms with E-state index >= 15 is 0 Å². The molecule has 3 N–H and O–H groups in total. The second-order valence-corrected chi connectivity index (χ2v) is 5.70. The minimum Gasteiger partial charge on any atom is -0.330 e. The lowest BCUT2D eigenvalue weighted by molar-refractivity contribution is 0.352. The summed E-state index contributed by atoms with van der Waals surface area (Å²) >= 11 is 0. The number of hydrogen-bond donors (Lipinski definition) is 2. The van der Waals surface area contributed by atoms with Crippen molar-refractivity contribution in [2.45, 2.75) is 53.0 Å². The number of nitrogens with one attached hydrogen (secondary N) is 1. The second kappa shape index (κ2) is 6.41. The van der Waals surface area contributed by atoms with E-state index in [1.54, 1.807) is 0 Å². The first-order valence-corrected chi connectivity index (χ1v) is 5.80. The molecule has 0 heterocycles. The van der Waals surface area contributed by atoms with Gasteiger partial charge >= 0.3 is 0 Å². The van der Waals surface area contributed by atoms with Crippen LogP contribution in [0.25, 0.3) is 0 Å². The zero-order valence-electron chi connectivity index (χ0n) is 10.6. The molecule has 0 aromatic carbocycles. The molecule has 0 bridgehead atoms. The lowest BCUT2D eigenvalue weighted by Gasteiger charge is -2.23. The molecule has 0 saturated carbocycles. The second-order valence-electron chi connectivity index (χ2n) is 5.70. The monoisotopic (exact) mass is 200 g/mol. The van der Waals surface area contributed by atoms with Gasteiger partial charge in [-0.1, -0.05) is 13.8 Å². The highest BCUT2D eigenvalue weighted by atomic mass is 14.9. The van der Waals surface area contributed by atoms with Crippen LogP contribution in [-0.4, -0.2) is 18.6 Å². The molecule has 0 aromatic rings. The van der Waals surface area contributed by atoms with Gasteiger partial charge in [-0.25, -0.2) is 0 Å². The zero-order chi connectivity index (χ0) is 11.2. The molecule has 0 aliphatic carbocycles. The van der Waals surface area contributed by atoms with Crippen LogP contribution in [0.15, 0.2) is 0 Å². The van der Waals surface area contributed by atoms with Crippen molar-refractivity contribution in [1.82, 2.24) is 5.32 Å². The maximum absolute atomic E-state index is 5.74. The number of nitrogens with two attached hydrogens (primary N) is 1. The zero-order valence-corrected chi connectivity index (χ0v) is 10.6. The van der Waals surface area contributed by atoms with E-state index < -0.39 is 0 Å². The van der Waals surface area contributed by atoms with Gasteiger partial charge in [0.05, 0.1) is 0 Å². The van der Waals surface area contributed by atoms with E-state index in [-0.39, 0.29) is 5.54 Å². The van der Waals surface area contributed by atoms with Crippen LogP contribution >= 0.6 is 0 Å². The highest BCUT2D eigenvalue weighted by Gasteiger charge is 2.12. The van der Waals surface area contributed by atoms with Crippen molar-refractivity contribution in [3.8, 4) is 0 Å². The fourth-order valence-electron chi connectivity index (χ4n) is 1.65. The Balaban J connectivity index is 3.63. The van der Waals surface area contributed by atoms with E-state index in [9.17, 15) is 0 Å². The highest BCUT2D eigenvalue weighted by molar-refractivity contribution is 4.72. The smallest absolute Gasteiger partial charge is 0.00965 e. The average molecular weight is 200 g/mol. The molecule has 0 saturated heterocycles. The van der Waals surface area contributed by atoms with Crippen molar-refractivity contribution in [2.75, 3.05) is 13.1 Å². The molecule has 14 heavy (non-hydrogen) atoms. The summed E-state index contributed by atoms with van der Waals surface area (Å²) in [5.74, 6) is 1.45. The van der Waals surface area contributed by atoms with Crippen molar-refractivity contribution in [2.24, 2.45) is 17.6 Å². The molecule has 0 aliphatic rings. The summed E-state index contributed by atoms with van der Waals surface area (Å²) in [6, 6.07) is 0. The normalized spacial score (nSPS) is 14.8. The minimum atomic E-state index is 0.233. The van der Waals surface area contributed by atoms with Gasteiger partial charge in [-0.05, 0) is 58.5 Å². The highest BCUT2D eigenvalue weighted by Crippen LogP contribution is 2.13. The lowest BCUT2D eigenvalue weighted by atomic mass is 9.94. The maximum Gasteiger partial charge on any atom is 0.00965 e. The van der Waals surface area contributed by atoms with Gasteiger partial charge < -0.3 is 11.1 Å². The van der Waals surface area contributed by atoms with E-state index in [1.165, 1.54) is 12.8 Å². The molecule has 0 radical (unpaired) electrons. The Bertz CT molecular complexity index is 136. The topological polar surface area (TPSA) is 38.0 Å². The van der Waals surface area contributed by atoms with Crippen LogP contribution in [-0.2, 0) is 0 Å².